The van der Waals surface area contributed by atoms with Crippen molar-refractivity contribution in [2.75, 3.05) is 25.1 Å². The molecule has 0 bridgehead atoms. The number of anilines is 1. The minimum absolute atomic E-state index is 0.0544. The lowest BCUT2D eigenvalue weighted by atomic mass is 9.95. The highest BCUT2D eigenvalue weighted by Crippen LogP contribution is 2.26. The van der Waals surface area contributed by atoms with E-state index in [2.05, 4.69) is 36.1 Å². The van der Waals surface area contributed by atoms with E-state index in [1.165, 1.54) is 12.8 Å². The second-order valence-corrected chi connectivity index (χ2v) is 5.13. The van der Waals surface area contributed by atoms with Crippen molar-refractivity contribution in [2.45, 2.75) is 19.8 Å². The molecule has 18 heavy (non-hydrogen) atoms. The molecule has 2 rings (SSSR count). The Morgan fingerprint density at radius 3 is 2.72 bits per heavy atom. The smallest absolute Gasteiger partial charge is 0.308 e. The molecule has 3 heteroatoms. The molecular formula is C15H21NO2. The number of hydrogen-bond acceptors (Lipinski definition) is 3. The zero-order valence-corrected chi connectivity index (χ0v) is 11.1. The molecule has 1 aromatic carbocycles. The number of ether oxygens (including phenoxy) is 1. The van der Waals surface area contributed by atoms with Gasteiger partial charge in [-0.1, -0.05) is 25.1 Å². The van der Waals surface area contributed by atoms with Gasteiger partial charge in [-0.2, -0.15) is 0 Å². The lowest BCUT2D eigenvalue weighted by Gasteiger charge is -2.24. The number of methoxy groups -OCH3 is 1. The Kier molecular flexibility index (Phi) is 4.24. The summed E-state index contributed by atoms with van der Waals surface area (Å²) in [5, 5.41) is 0. The van der Waals surface area contributed by atoms with E-state index in [9.17, 15) is 4.79 Å². The SMILES string of the molecule is COC(=O)C1CCN(c2ccccc2)CC(C)C1. The maximum Gasteiger partial charge on any atom is 0.308 e. The van der Waals surface area contributed by atoms with E-state index in [0.29, 0.717) is 5.92 Å². The highest BCUT2D eigenvalue weighted by Gasteiger charge is 2.27. The first-order valence-electron chi connectivity index (χ1n) is 6.58. The molecule has 1 heterocycles. The van der Waals surface area contributed by atoms with Crippen LogP contribution in [0.25, 0.3) is 0 Å². The molecule has 0 N–H and O–H groups in total. The molecule has 1 aliphatic rings. The summed E-state index contributed by atoms with van der Waals surface area (Å²) >= 11 is 0. The van der Waals surface area contributed by atoms with Crippen LogP contribution in [-0.4, -0.2) is 26.2 Å². The predicted octanol–water partition coefficient (Wildman–Crippen LogP) is 2.71. The molecule has 1 aliphatic heterocycles. The van der Waals surface area contributed by atoms with Crippen molar-refractivity contribution in [3.63, 3.8) is 0 Å². The lowest BCUT2D eigenvalue weighted by molar-refractivity contribution is -0.146. The van der Waals surface area contributed by atoms with Crippen LogP contribution in [-0.2, 0) is 9.53 Å². The maximum absolute atomic E-state index is 11.7. The molecule has 0 saturated carbocycles. The number of rotatable bonds is 2. The zero-order valence-electron chi connectivity index (χ0n) is 11.1. The summed E-state index contributed by atoms with van der Waals surface area (Å²) in [6, 6.07) is 10.4. The summed E-state index contributed by atoms with van der Waals surface area (Å²) in [5.41, 5.74) is 1.25. The fourth-order valence-electron chi connectivity index (χ4n) is 2.71. The third kappa shape index (κ3) is 3.03. The van der Waals surface area contributed by atoms with Crippen LogP contribution in [0, 0.1) is 11.8 Å². The van der Waals surface area contributed by atoms with E-state index in [0.717, 1.165) is 25.9 Å². The van der Waals surface area contributed by atoms with Gasteiger partial charge in [0.2, 0.25) is 0 Å². The highest BCUT2D eigenvalue weighted by molar-refractivity contribution is 5.72. The van der Waals surface area contributed by atoms with Crippen LogP contribution in [0.2, 0.25) is 0 Å². The monoisotopic (exact) mass is 247 g/mol. The number of carbonyl (C=O) groups excluding carboxylic acids is 1. The molecule has 1 saturated heterocycles. The van der Waals surface area contributed by atoms with Crippen LogP contribution >= 0.6 is 0 Å². The van der Waals surface area contributed by atoms with Crippen molar-refractivity contribution in [1.82, 2.24) is 0 Å². The van der Waals surface area contributed by atoms with Crippen LogP contribution in [0.15, 0.2) is 30.3 Å². The topological polar surface area (TPSA) is 29.5 Å². The quantitative estimate of drug-likeness (QED) is 0.753. The van der Waals surface area contributed by atoms with Crippen molar-refractivity contribution >= 4 is 11.7 Å². The average molecular weight is 247 g/mol. The number of esters is 1. The van der Waals surface area contributed by atoms with Crippen LogP contribution < -0.4 is 4.90 Å². The molecule has 2 atom stereocenters. The fourth-order valence-corrected chi connectivity index (χ4v) is 2.71. The van der Waals surface area contributed by atoms with Crippen LogP contribution in [0.3, 0.4) is 0 Å². The molecule has 0 spiro atoms. The van der Waals surface area contributed by atoms with Gasteiger partial charge in [-0.25, -0.2) is 0 Å². The van der Waals surface area contributed by atoms with E-state index >= 15 is 0 Å². The molecule has 1 fully saturated rings. The molecule has 0 radical (unpaired) electrons. The molecule has 0 aliphatic carbocycles. The third-order valence-electron chi connectivity index (χ3n) is 3.62. The second kappa shape index (κ2) is 5.89. The maximum atomic E-state index is 11.7. The van der Waals surface area contributed by atoms with E-state index in [1.807, 2.05) is 6.07 Å². The van der Waals surface area contributed by atoms with Gasteiger partial charge in [-0.15, -0.1) is 0 Å². The number of carbonyl (C=O) groups is 1. The number of hydrogen-bond donors (Lipinski definition) is 0. The van der Waals surface area contributed by atoms with Gasteiger partial charge >= 0.3 is 5.97 Å². The first kappa shape index (κ1) is 12.9. The normalized spacial score (nSPS) is 24.4. The average Bonchev–Trinajstić information content (AvgIpc) is 2.61. The minimum atomic E-state index is -0.0586. The first-order chi connectivity index (χ1) is 8.70. The second-order valence-electron chi connectivity index (χ2n) is 5.13. The van der Waals surface area contributed by atoms with Gasteiger partial charge in [-0.3, -0.25) is 4.79 Å². The van der Waals surface area contributed by atoms with E-state index < -0.39 is 0 Å². The summed E-state index contributed by atoms with van der Waals surface area (Å²) in [7, 11) is 1.48. The van der Waals surface area contributed by atoms with Crippen molar-refractivity contribution in [3.8, 4) is 0 Å². The van der Waals surface area contributed by atoms with Gasteiger partial charge in [0.05, 0.1) is 13.0 Å². The van der Waals surface area contributed by atoms with Crippen LogP contribution in [0.5, 0.6) is 0 Å². The molecule has 1 aromatic rings. The van der Waals surface area contributed by atoms with Gasteiger partial charge in [0, 0.05) is 18.8 Å². The third-order valence-corrected chi connectivity index (χ3v) is 3.62. The Morgan fingerprint density at radius 1 is 1.33 bits per heavy atom. The van der Waals surface area contributed by atoms with E-state index in [-0.39, 0.29) is 11.9 Å². The molecule has 2 unspecified atom stereocenters. The van der Waals surface area contributed by atoms with E-state index in [1.54, 1.807) is 0 Å². The summed E-state index contributed by atoms with van der Waals surface area (Å²) in [6.07, 6.45) is 1.81. The van der Waals surface area contributed by atoms with Crippen molar-refractivity contribution in [1.29, 1.82) is 0 Å². The number of para-hydroxylation sites is 1. The Balaban J connectivity index is 2.07. The molecule has 3 nitrogen and oxygen atoms in total. The summed E-state index contributed by atoms with van der Waals surface area (Å²) in [4.78, 5) is 14.0. The standard InChI is InChI=1S/C15H21NO2/c1-12-10-13(15(17)18-2)8-9-16(11-12)14-6-4-3-5-7-14/h3-7,12-13H,8-11H2,1-2H3. The minimum Gasteiger partial charge on any atom is -0.469 e. The zero-order chi connectivity index (χ0) is 13.0. The molecular weight excluding hydrogens is 226 g/mol. The van der Waals surface area contributed by atoms with Gasteiger partial charge in [0.25, 0.3) is 0 Å². The van der Waals surface area contributed by atoms with E-state index in [4.69, 9.17) is 4.74 Å². The molecule has 0 aromatic heterocycles. The van der Waals surface area contributed by atoms with Crippen LogP contribution in [0.4, 0.5) is 5.69 Å². The summed E-state index contributed by atoms with van der Waals surface area (Å²) < 4.78 is 4.88. The van der Waals surface area contributed by atoms with Gasteiger partial charge < -0.3 is 9.64 Å². The van der Waals surface area contributed by atoms with Gasteiger partial charge in [0.15, 0.2) is 0 Å². The first-order valence-corrected chi connectivity index (χ1v) is 6.58. The Labute approximate surface area is 109 Å². The number of nitrogens with zero attached hydrogens (tertiary/aromatic N) is 1. The fraction of sp³-hybridized carbons (Fsp3) is 0.533. The van der Waals surface area contributed by atoms with Gasteiger partial charge in [0.1, 0.15) is 0 Å². The highest BCUT2D eigenvalue weighted by atomic mass is 16.5. The number of benzene rings is 1. The Hall–Kier alpha value is -1.51. The van der Waals surface area contributed by atoms with Crippen molar-refractivity contribution in [2.24, 2.45) is 11.8 Å². The van der Waals surface area contributed by atoms with Crippen molar-refractivity contribution < 1.29 is 9.53 Å². The Bertz CT molecular complexity index is 391. The summed E-state index contributed by atoms with van der Waals surface area (Å²) in [6.45, 7) is 4.14. The Morgan fingerprint density at radius 2 is 2.06 bits per heavy atom. The lowest BCUT2D eigenvalue weighted by Crippen LogP contribution is -2.27. The molecule has 0 amide bonds. The largest absolute Gasteiger partial charge is 0.469 e. The predicted molar refractivity (Wildman–Crippen MR) is 72.6 cm³/mol. The summed E-state index contributed by atoms with van der Waals surface area (Å²) in [5.74, 6) is 0.507. The van der Waals surface area contributed by atoms with Crippen LogP contribution in [0.1, 0.15) is 19.8 Å². The van der Waals surface area contributed by atoms with Crippen molar-refractivity contribution in [3.05, 3.63) is 30.3 Å². The molecule has 98 valence electrons. The van der Waals surface area contributed by atoms with Gasteiger partial charge in [-0.05, 0) is 30.9 Å².